The molecule has 0 radical (unpaired) electrons. The summed E-state index contributed by atoms with van der Waals surface area (Å²) in [5, 5.41) is 6.55. The van der Waals surface area contributed by atoms with Gasteiger partial charge in [0.25, 0.3) is 0 Å². The quantitative estimate of drug-likeness (QED) is 0.789. The van der Waals surface area contributed by atoms with Gasteiger partial charge < -0.3 is 10.6 Å². The molecule has 2 N–H and O–H groups in total. The molecule has 0 aromatic heterocycles. The molecule has 1 aliphatic heterocycles. The normalized spacial score (nSPS) is 24.7. The highest BCUT2D eigenvalue weighted by atomic mass is 16.1. The molecule has 0 aromatic carbocycles. The van der Waals surface area contributed by atoms with E-state index < -0.39 is 0 Å². The molecule has 18 heavy (non-hydrogen) atoms. The summed E-state index contributed by atoms with van der Waals surface area (Å²) in [6.45, 7) is 6.41. The predicted octanol–water partition coefficient (Wildman–Crippen LogP) is 1.12. The summed E-state index contributed by atoms with van der Waals surface area (Å²) in [6.07, 6.45) is 6.89. The van der Waals surface area contributed by atoms with Gasteiger partial charge in [-0.2, -0.15) is 0 Å². The molecule has 1 saturated carbocycles. The van der Waals surface area contributed by atoms with Gasteiger partial charge in [0.15, 0.2) is 0 Å². The zero-order valence-electron chi connectivity index (χ0n) is 11.6. The smallest absolute Gasteiger partial charge is 0.221 e. The third-order valence-electron chi connectivity index (χ3n) is 4.23. The summed E-state index contributed by atoms with van der Waals surface area (Å²) in [6, 6.07) is 0.817. The molecule has 0 spiro atoms. The first kappa shape index (κ1) is 13.8. The second kappa shape index (κ2) is 7.10. The Morgan fingerprint density at radius 2 is 1.94 bits per heavy atom. The summed E-state index contributed by atoms with van der Waals surface area (Å²) >= 11 is 0. The van der Waals surface area contributed by atoms with Crippen LogP contribution in [0.25, 0.3) is 0 Å². The molecule has 4 nitrogen and oxygen atoms in total. The Morgan fingerprint density at radius 1 is 1.28 bits per heavy atom. The van der Waals surface area contributed by atoms with Crippen LogP contribution in [0.1, 0.15) is 45.4 Å². The molecule has 1 unspecified atom stereocenters. The van der Waals surface area contributed by atoms with Crippen molar-refractivity contribution in [1.29, 1.82) is 0 Å². The zero-order valence-corrected chi connectivity index (χ0v) is 11.6. The van der Waals surface area contributed by atoms with Crippen LogP contribution in [0.3, 0.4) is 0 Å². The molecule has 0 bridgehead atoms. The molecular weight excluding hydrogens is 226 g/mol. The van der Waals surface area contributed by atoms with Gasteiger partial charge in [-0.15, -0.1) is 0 Å². The Morgan fingerprint density at radius 3 is 2.61 bits per heavy atom. The molecule has 1 heterocycles. The van der Waals surface area contributed by atoms with Crippen LogP contribution >= 0.6 is 0 Å². The minimum atomic E-state index is 0.243. The van der Waals surface area contributed by atoms with E-state index in [0.29, 0.717) is 18.5 Å². The number of hydrogen-bond acceptors (Lipinski definition) is 3. The third kappa shape index (κ3) is 4.25. The lowest BCUT2D eigenvalue weighted by Gasteiger charge is -2.33. The highest BCUT2D eigenvalue weighted by Crippen LogP contribution is 2.17. The van der Waals surface area contributed by atoms with Crippen LogP contribution in [-0.4, -0.2) is 49.1 Å². The largest absolute Gasteiger partial charge is 0.353 e. The fourth-order valence-electron chi connectivity index (χ4n) is 3.05. The van der Waals surface area contributed by atoms with Gasteiger partial charge in [-0.05, 0) is 19.8 Å². The average molecular weight is 253 g/mol. The Balaban J connectivity index is 1.68. The van der Waals surface area contributed by atoms with Gasteiger partial charge in [0.1, 0.15) is 0 Å². The molecule has 1 atom stereocenters. The van der Waals surface area contributed by atoms with Crippen molar-refractivity contribution in [2.45, 2.75) is 57.5 Å². The molecule has 0 aromatic rings. The molecular formula is C14H27N3O. The number of nitrogens with one attached hydrogen (secondary N) is 2. The third-order valence-corrected chi connectivity index (χ3v) is 4.23. The molecule has 1 amide bonds. The average Bonchev–Trinajstić information content (AvgIpc) is 2.40. The van der Waals surface area contributed by atoms with Gasteiger partial charge in [-0.1, -0.05) is 19.3 Å². The summed E-state index contributed by atoms with van der Waals surface area (Å²) in [4.78, 5) is 14.4. The Labute approximate surface area is 110 Å². The topological polar surface area (TPSA) is 44.4 Å². The Hall–Kier alpha value is -0.610. The molecule has 104 valence electrons. The first-order valence-corrected chi connectivity index (χ1v) is 7.50. The molecule has 1 saturated heterocycles. The van der Waals surface area contributed by atoms with Crippen molar-refractivity contribution in [2.75, 3.05) is 26.2 Å². The summed E-state index contributed by atoms with van der Waals surface area (Å²) in [5.74, 6) is 0.243. The summed E-state index contributed by atoms with van der Waals surface area (Å²) in [5.41, 5.74) is 0. The van der Waals surface area contributed by atoms with Crippen molar-refractivity contribution < 1.29 is 4.79 Å². The maximum atomic E-state index is 12.0. The van der Waals surface area contributed by atoms with Gasteiger partial charge in [0, 0.05) is 44.7 Å². The number of nitrogens with zero attached hydrogens (tertiary/aromatic N) is 1. The van der Waals surface area contributed by atoms with Crippen molar-refractivity contribution in [3.8, 4) is 0 Å². The number of carbonyl (C=O) groups is 1. The molecule has 1 aliphatic carbocycles. The first-order chi connectivity index (χ1) is 8.75. The first-order valence-electron chi connectivity index (χ1n) is 7.50. The Bertz CT molecular complexity index is 258. The van der Waals surface area contributed by atoms with Gasteiger partial charge in [-0.3, -0.25) is 9.69 Å². The number of carbonyl (C=O) groups excluding carboxylic acids is 1. The number of rotatable bonds is 4. The lowest BCUT2D eigenvalue weighted by atomic mass is 9.95. The van der Waals surface area contributed by atoms with Crippen LogP contribution in [0.15, 0.2) is 0 Å². The van der Waals surface area contributed by atoms with Crippen LogP contribution < -0.4 is 10.6 Å². The van der Waals surface area contributed by atoms with Crippen molar-refractivity contribution in [2.24, 2.45) is 0 Å². The van der Waals surface area contributed by atoms with E-state index in [1.807, 2.05) is 0 Å². The predicted molar refractivity (Wildman–Crippen MR) is 73.5 cm³/mol. The Kier molecular flexibility index (Phi) is 5.45. The standard InChI is InChI=1S/C14H27N3O/c1-12(17-9-7-15-8-10-17)11-14(18)16-13-5-3-2-4-6-13/h12-13,15H,2-11H2,1H3,(H,16,18). The fraction of sp³-hybridized carbons (Fsp3) is 0.929. The number of piperazine rings is 1. The number of amides is 1. The van der Waals surface area contributed by atoms with Crippen LogP contribution in [0.5, 0.6) is 0 Å². The van der Waals surface area contributed by atoms with Crippen LogP contribution in [-0.2, 0) is 4.79 Å². The van der Waals surface area contributed by atoms with E-state index in [-0.39, 0.29) is 5.91 Å². The van der Waals surface area contributed by atoms with Gasteiger partial charge >= 0.3 is 0 Å². The van der Waals surface area contributed by atoms with Gasteiger partial charge in [0.05, 0.1) is 0 Å². The van der Waals surface area contributed by atoms with Crippen LogP contribution in [0.4, 0.5) is 0 Å². The second-order valence-electron chi connectivity index (χ2n) is 5.74. The van der Waals surface area contributed by atoms with E-state index in [2.05, 4.69) is 22.5 Å². The van der Waals surface area contributed by atoms with Gasteiger partial charge in [0.2, 0.25) is 5.91 Å². The van der Waals surface area contributed by atoms with E-state index in [4.69, 9.17) is 0 Å². The van der Waals surface area contributed by atoms with Crippen molar-refractivity contribution >= 4 is 5.91 Å². The van der Waals surface area contributed by atoms with Crippen molar-refractivity contribution in [1.82, 2.24) is 15.5 Å². The molecule has 4 heteroatoms. The minimum absolute atomic E-state index is 0.243. The molecule has 2 fully saturated rings. The van der Waals surface area contributed by atoms with Gasteiger partial charge in [-0.25, -0.2) is 0 Å². The summed E-state index contributed by atoms with van der Waals surface area (Å²) < 4.78 is 0. The number of hydrogen-bond donors (Lipinski definition) is 2. The maximum absolute atomic E-state index is 12.0. The molecule has 2 aliphatic rings. The zero-order chi connectivity index (χ0) is 12.8. The molecule has 2 rings (SSSR count). The highest BCUT2D eigenvalue weighted by Gasteiger charge is 2.21. The monoisotopic (exact) mass is 253 g/mol. The fourth-order valence-corrected chi connectivity index (χ4v) is 3.05. The highest BCUT2D eigenvalue weighted by molar-refractivity contribution is 5.76. The van der Waals surface area contributed by atoms with Crippen molar-refractivity contribution in [3.05, 3.63) is 0 Å². The second-order valence-corrected chi connectivity index (χ2v) is 5.74. The lowest BCUT2D eigenvalue weighted by Crippen LogP contribution is -2.49. The van der Waals surface area contributed by atoms with E-state index in [1.54, 1.807) is 0 Å². The lowest BCUT2D eigenvalue weighted by molar-refractivity contribution is -0.123. The van der Waals surface area contributed by atoms with E-state index in [0.717, 1.165) is 26.2 Å². The minimum Gasteiger partial charge on any atom is -0.353 e. The van der Waals surface area contributed by atoms with Crippen LogP contribution in [0.2, 0.25) is 0 Å². The van der Waals surface area contributed by atoms with E-state index in [1.165, 1.54) is 32.1 Å². The van der Waals surface area contributed by atoms with Crippen LogP contribution in [0, 0.1) is 0 Å². The summed E-state index contributed by atoms with van der Waals surface area (Å²) in [7, 11) is 0. The van der Waals surface area contributed by atoms with Crippen molar-refractivity contribution in [3.63, 3.8) is 0 Å². The van der Waals surface area contributed by atoms with E-state index in [9.17, 15) is 4.79 Å². The SMILES string of the molecule is CC(CC(=O)NC1CCCCC1)N1CCNCC1. The maximum Gasteiger partial charge on any atom is 0.221 e. The van der Waals surface area contributed by atoms with E-state index >= 15 is 0 Å².